The topological polar surface area (TPSA) is 140 Å². The molecule has 8 atom stereocenters. The van der Waals surface area contributed by atoms with E-state index in [4.69, 9.17) is 9.47 Å². The summed E-state index contributed by atoms with van der Waals surface area (Å²) in [5.41, 5.74) is 0. The molecule has 2 aliphatic heterocycles. The third-order valence-corrected chi connectivity index (χ3v) is 15.4. The van der Waals surface area contributed by atoms with E-state index in [9.17, 15) is 30.6 Å². The smallest absolute Gasteiger partial charge is 0.186 e. The average Bonchev–Trinajstić information content (AvgIpc) is 3.14. The van der Waals surface area contributed by atoms with E-state index in [1.807, 2.05) is 0 Å². The van der Waals surface area contributed by atoms with Crippen LogP contribution in [0.4, 0.5) is 4.39 Å². The van der Waals surface area contributed by atoms with Crippen molar-refractivity contribution in [1.82, 2.24) is 0 Å². The highest BCUT2D eigenvalue weighted by Crippen LogP contribution is 2.35. The van der Waals surface area contributed by atoms with Gasteiger partial charge in [-0.25, -0.2) is 4.39 Å². The first-order chi connectivity index (χ1) is 25.5. The van der Waals surface area contributed by atoms with E-state index in [0.29, 0.717) is 12.8 Å². The summed E-state index contributed by atoms with van der Waals surface area (Å²) in [7, 11) is -0.857. The van der Waals surface area contributed by atoms with Crippen LogP contribution in [-0.2, 0) is 9.47 Å². The molecule has 0 bridgehead atoms. The van der Waals surface area contributed by atoms with Gasteiger partial charge in [0.05, 0.1) is 31.2 Å². The molecular formula is C43H83FO8Si. The molecule has 2 rings (SSSR count). The Hall–Kier alpha value is -0.433. The molecule has 0 spiro atoms. The minimum atomic E-state index is -1.60. The second kappa shape index (κ2) is 28.9. The van der Waals surface area contributed by atoms with Crippen molar-refractivity contribution in [3.8, 4) is 0 Å². The van der Waals surface area contributed by atoms with Crippen LogP contribution in [0, 0.1) is 11.8 Å². The first kappa shape index (κ1) is 48.7. The molecule has 2 aliphatic rings. The zero-order valence-electron chi connectivity index (χ0n) is 34.2. The Morgan fingerprint density at radius 1 is 0.736 bits per heavy atom. The second-order valence-electron chi connectivity index (χ2n) is 17.5. The molecule has 0 aromatic rings. The maximum atomic E-state index is 15.2. The average molecular weight is 775 g/mol. The Bertz CT molecular complexity index is 913. The normalized spacial score (nSPS) is 25.8. The minimum Gasteiger partial charge on any atom is -0.394 e. The number of aliphatic hydroxyl groups excluding tert-OH is 6. The third kappa shape index (κ3) is 21.1. The monoisotopic (exact) mass is 775 g/mol. The van der Waals surface area contributed by atoms with Gasteiger partial charge in [0.2, 0.25) is 0 Å². The Morgan fingerprint density at radius 2 is 1.25 bits per heavy atom. The van der Waals surface area contributed by atoms with E-state index in [1.165, 1.54) is 114 Å². The van der Waals surface area contributed by atoms with Gasteiger partial charge in [0.1, 0.15) is 24.4 Å². The number of hydrogen-bond acceptors (Lipinski definition) is 8. The van der Waals surface area contributed by atoms with Crippen molar-refractivity contribution >= 4 is 8.07 Å². The van der Waals surface area contributed by atoms with E-state index in [0.717, 1.165) is 50.9 Å². The number of rotatable bonds is 31. The highest BCUT2D eigenvalue weighted by atomic mass is 28.3. The predicted octanol–water partition coefficient (Wildman–Crippen LogP) is 9.10. The Labute approximate surface area is 324 Å². The van der Waals surface area contributed by atoms with Crippen LogP contribution in [0.15, 0.2) is 11.9 Å². The molecule has 0 saturated carbocycles. The summed E-state index contributed by atoms with van der Waals surface area (Å²) in [5, 5.41) is 62.3. The Kier molecular flexibility index (Phi) is 26.5. The van der Waals surface area contributed by atoms with Crippen molar-refractivity contribution in [2.45, 2.75) is 236 Å². The summed E-state index contributed by atoms with van der Waals surface area (Å²) in [5.74, 6) is -0.337. The molecule has 2 saturated heterocycles. The quantitative estimate of drug-likeness (QED) is 0.0303. The van der Waals surface area contributed by atoms with Gasteiger partial charge in [0.15, 0.2) is 6.29 Å². The molecule has 0 amide bonds. The summed E-state index contributed by atoms with van der Waals surface area (Å²) >= 11 is 0. The first-order valence-electron chi connectivity index (χ1n) is 22.1. The van der Waals surface area contributed by atoms with Crippen LogP contribution in [-0.4, -0.2) is 94.8 Å². The van der Waals surface area contributed by atoms with E-state index in [-0.39, 0.29) is 18.9 Å². The fraction of sp³-hybridized carbons (Fsp3) is 0.953. The van der Waals surface area contributed by atoms with Gasteiger partial charge in [-0.1, -0.05) is 173 Å². The van der Waals surface area contributed by atoms with Crippen molar-refractivity contribution < 1.29 is 44.5 Å². The van der Waals surface area contributed by atoms with E-state index < -0.39 is 63.5 Å². The molecule has 53 heavy (non-hydrogen) atoms. The summed E-state index contributed by atoms with van der Waals surface area (Å²) < 4.78 is 26.4. The van der Waals surface area contributed by atoms with Crippen LogP contribution in [0.2, 0.25) is 25.2 Å². The van der Waals surface area contributed by atoms with E-state index in [1.54, 1.807) is 0 Å². The Morgan fingerprint density at radius 3 is 1.79 bits per heavy atom. The van der Waals surface area contributed by atoms with Crippen LogP contribution in [0.1, 0.15) is 167 Å². The van der Waals surface area contributed by atoms with Crippen LogP contribution in [0.25, 0.3) is 0 Å². The van der Waals surface area contributed by atoms with Gasteiger partial charge in [-0.05, 0) is 31.3 Å². The number of aliphatic hydroxyl groups is 6. The van der Waals surface area contributed by atoms with E-state index >= 15 is 4.39 Å². The molecule has 6 N–H and O–H groups in total. The zero-order valence-corrected chi connectivity index (χ0v) is 35.2. The molecule has 2 fully saturated rings. The predicted molar refractivity (Wildman–Crippen MR) is 216 cm³/mol. The molecule has 314 valence electrons. The van der Waals surface area contributed by atoms with Crippen molar-refractivity contribution in [2.75, 3.05) is 13.2 Å². The van der Waals surface area contributed by atoms with Crippen molar-refractivity contribution in [1.29, 1.82) is 0 Å². The summed E-state index contributed by atoms with van der Waals surface area (Å²) in [4.78, 5) is 0. The van der Waals surface area contributed by atoms with Gasteiger partial charge < -0.3 is 40.1 Å². The maximum Gasteiger partial charge on any atom is 0.186 e. The largest absolute Gasteiger partial charge is 0.394 e. The maximum absolute atomic E-state index is 15.2. The van der Waals surface area contributed by atoms with E-state index in [2.05, 4.69) is 20.0 Å². The van der Waals surface area contributed by atoms with Gasteiger partial charge in [-0.15, -0.1) is 0 Å². The van der Waals surface area contributed by atoms with Gasteiger partial charge in [-0.2, -0.15) is 0 Å². The molecule has 5 unspecified atom stereocenters. The van der Waals surface area contributed by atoms with Crippen LogP contribution >= 0.6 is 0 Å². The van der Waals surface area contributed by atoms with Crippen molar-refractivity contribution in [2.24, 2.45) is 11.8 Å². The standard InChI is InChI=1S/C43H83FO8Si/c1-4-5-6-7-8-9-10-11-12-17-20-23-26-37(46)39(47)35(33-51-43-42(50)41(49)40(48)38(32-45)52-43)31-36(44)25-22-19-16-14-13-15-18-21-24-34-27-29-53(2,3)30-28-34/h31,34-35,37-43,45-50H,4-30,32-33H2,1-3H3/b36-31+/t35-,37+,38?,39-,40?,41?,42?,43?/m0/s1. The molecule has 10 heteroatoms. The fourth-order valence-corrected chi connectivity index (χ4v) is 10.8. The second-order valence-corrected chi connectivity index (χ2v) is 22.8. The lowest BCUT2D eigenvalue weighted by Crippen LogP contribution is -2.59. The molecule has 0 aromatic heterocycles. The molecule has 0 radical (unpaired) electrons. The lowest BCUT2D eigenvalue weighted by molar-refractivity contribution is -0.303. The summed E-state index contributed by atoms with van der Waals surface area (Å²) in [6.07, 6.45) is 20.0. The fourth-order valence-electron chi connectivity index (χ4n) is 8.16. The SMILES string of the molecule is CCCCCCCCCCCCCC[C@@H](O)[C@@H](O)[C@@H](/C=C(/F)CCCCCCCCCCC1CC[Si](C)(C)CC1)COC1OC(CO)C(O)C(O)C1O. The highest BCUT2D eigenvalue weighted by Gasteiger charge is 2.44. The van der Waals surface area contributed by atoms with Gasteiger partial charge >= 0.3 is 0 Å². The number of halogens is 1. The van der Waals surface area contributed by atoms with Crippen molar-refractivity contribution in [3.05, 3.63) is 11.9 Å². The van der Waals surface area contributed by atoms with Crippen LogP contribution < -0.4 is 0 Å². The molecule has 2 heterocycles. The Balaban J connectivity index is 1.73. The molecular weight excluding hydrogens is 692 g/mol. The molecule has 0 aliphatic carbocycles. The van der Waals surface area contributed by atoms with Crippen LogP contribution in [0.3, 0.4) is 0 Å². The zero-order chi connectivity index (χ0) is 38.9. The lowest BCUT2D eigenvalue weighted by Gasteiger charge is -2.40. The lowest BCUT2D eigenvalue weighted by atomic mass is 9.93. The number of unbranched alkanes of at least 4 members (excludes halogenated alkanes) is 18. The number of allylic oxidation sites excluding steroid dienone is 1. The highest BCUT2D eigenvalue weighted by molar-refractivity contribution is 6.77. The summed E-state index contributed by atoms with van der Waals surface area (Å²) in [6, 6.07) is 3.01. The third-order valence-electron chi connectivity index (χ3n) is 12.1. The van der Waals surface area contributed by atoms with Crippen molar-refractivity contribution in [3.63, 3.8) is 0 Å². The van der Waals surface area contributed by atoms with Gasteiger partial charge in [-0.3, -0.25) is 0 Å². The van der Waals surface area contributed by atoms with Gasteiger partial charge in [0, 0.05) is 14.0 Å². The summed E-state index contributed by atoms with van der Waals surface area (Å²) in [6.45, 7) is 6.43. The first-order valence-corrected chi connectivity index (χ1v) is 25.5. The van der Waals surface area contributed by atoms with Crippen LogP contribution in [0.5, 0.6) is 0 Å². The number of hydrogen-bond donors (Lipinski definition) is 6. The number of ether oxygens (including phenoxy) is 2. The van der Waals surface area contributed by atoms with Gasteiger partial charge in [0.25, 0.3) is 0 Å². The molecule has 8 nitrogen and oxygen atoms in total. The minimum absolute atomic E-state index is 0.235. The molecule has 0 aromatic carbocycles.